The fourth-order valence-electron chi connectivity index (χ4n) is 11.0. The molecule has 1 aromatic heterocycles. The van der Waals surface area contributed by atoms with Crippen LogP contribution in [0, 0.1) is 0 Å². The second-order valence-electron chi connectivity index (χ2n) is 24.3. The van der Waals surface area contributed by atoms with Crippen molar-refractivity contribution in [3.63, 3.8) is 0 Å². The molecule has 0 aliphatic carbocycles. The number of nitrogens with one attached hydrogen (secondary N) is 4. The number of rotatable bonds is 53. The van der Waals surface area contributed by atoms with Crippen molar-refractivity contribution in [3.8, 4) is 0 Å². The number of carboxylic acids is 1. The molecular formula is C68H109N7NaO14P. The SMILES string of the molecule is CCCCCCCCCCCCCCCC(=O)OC[C@H](COP(=O)([O-])OCCNC(=O)CCC(=O)NCCCCCCN1Cc2cc(C(=O)N(C)Cc3nc4ccccc4[nH]3)ccc2N[C@@H](CC(=O)O)C1=O)OC(=O)CCCCCCCCCCCCCCC.[Na+]. The number of esters is 2. The molecule has 1 aliphatic heterocycles. The van der Waals surface area contributed by atoms with Crippen molar-refractivity contribution >= 4 is 66.1 Å². The number of carboxylic acid groups (broad SMARTS) is 1. The minimum atomic E-state index is -4.95. The molecule has 4 rings (SSSR count). The van der Waals surface area contributed by atoms with Crippen molar-refractivity contribution in [1.29, 1.82) is 0 Å². The summed E-state index contributed by atoms with van der Waals surface area (Å²) >= 11 is 0. The number of nitrogens with zero attached hydrogens (tertiary/aromatic N) is 3. The first-order valence-electron chi connectivity index (χ1n) is 34.1. The van der Waals surface area contributed by atoms with E-state index < -0.39 is 63.4 Å². The predicted octanol–water partition coefficient (Wildman–Crippen LogP) is 9.93. The minimum absolute atomic E-state index is 0. The second kappa shape index (κ2) is 48.8. The molecule has 3 atom stereocenters. The van der Waals surface area contributed by atoms with Crippen LogP contribution in [0.2, 0.25) is 0 Å². The average molecular weight is 1300 g/mol. The maximum Gasteiger partial charge on any atom is 1.00 e. The van der Waals surface area contributed by atoms with Crippen LogP contribution in [0.3, 0.4) is 0 Å². The predicted molar refractivity (Wildman–Crippen MR) is 348 cm³/mol. The second-order valence-corrected chi connectivity index (χ2v) is 25.7. The van der Waals surface area contributed by atoms with E-state index in [9.17, 15) is 48.1 Å². The summed E-state index contributed by atoms with van der Waals surface area (Å²) in [5.74, 6) is -2.92. The zero-order valence-corrected chi connectivity index (χ0v) is 58.5. The topological polar surface area (TPSA) is 288 Å². The number of benzene rings is 2. The number of hydrogen-bond donors (Lipinski definition) is 5. The molecule has 0 saturated heterocycles. The number of carbonyl (C=O) groups excluding carboxylic acids is 6. The van der Waals surface area contributed by atoms with E-state index in [-0.39, 0.29) is 99.2 Å². The van der Waals surface area contributed by atoms with Crippen molar-refractivity contribution < 1.29 is 96.2 Å². The monoisotopic (exact) mass is 1300 g/mol. The van der Waals surface area contributed by atoms with Crippen molar-refractivity contribution in [3.05, 3.63) is 59.4 Å². The number of imidazole rings is 1. The summed E-state index contributed by atoms with van der Waals surface area (Å²) in [6.07, 6.45) is 31.5. The number of carbonyl (C=O) groups is 7. The zero-order valence-electron chi connectivity index (χ0n) is 55.6. The van der Waals surface area contributed by atoms with Crippen LogP contribution in [0.15, 0.2) is 42.5 Å². The number of aromatic nitrogens is 2. The number of amides is 4. The molecule has 21 nitrogen and oxygen atoms in total. The van der Waals surface area contributed by atoms with Gasteiger partial charge in [-0.05, 0) is 61.6 Å². The van der Waals surface area contributed by atoms with Crippen molar-refractivity contribution in [2.45, 2.75) is 264 Å². The number of para-hydroxylation sites is 2. The van der Waals surface area contributed by atoms with Crippen molar-refractivity contribution in [2.75, 3.05) is 51.8 Å². The maximum absolute atomic E-state index is 13.7. The molecule has 0 fully saturated rings. The number of aliphatic carboxylic acids is 1. The van der Waals surface area contributed by atoms with Crippen LogP contribution in [-0.4, -0.2) is 125 Å². The van der Waals surface area contributed by atoms with Crippen molar-refractivity contribution in [2.24, 2.45) is 0 Å². The van der Waals surface area contributed by atoms with Gasteiger partial charge >= 0.3 is 47.5 Å². The molecule has 0 bridgehead atoms. The molecule has 0 saturated carbocycles. The average Bonchev–Trinajstić information content (AvgIpc) is 1.83. The van der Waals surface area contributed by atoms with Gasteiger partial charge in [-0.25, -0.2) is 4.98 Å². The molecule has 4 amide bonds. The summed E-state index contributed by atoms with van der Waals surface area (Å²) in [4.78, 5) is 113. The Labute approximate surface area is 564 Å². The minimum Gasteiger partial charge on any atom is -0.756 e. The van der Waals surface area contributed by atoms with Crippen LogP contribution in [0.25, 0.3) is 11.0 Å². The summed E-state index contributed by atoms with van der Waals surface area (Å²) in [6.45, 7) is 3.94. The van der Waals surface area contributed by atoms with Crippen LogP contribution in [0.5, 0.6) is 0 Å². The van der Waals surface area contributed by atoms with Crippen molar-refractivity contribution in [1.82, 2.24) is 30.4 Å². The first-order chi connectivity index (χ1) is 43.6. The van der Waals surface area contributed by atoms with Crippen LogP contribution in [0.1, 0.15) is 260 Å². The molecule has 0 spiro atoms. The Morgan fingerprint density at radius 3 is 1.78 bits per heavy atom. The van der Waals surface area contributed by atoms with E-state index in [1.807, 2.05) is 24.3 Å². The Bertz CT molecular complexity index is 2590. The van der Waals surface area contributed by atoms with Gasteiger partial charge in [0.05, 0.1) is 37.2 Å². The smallest absolute Gasteiger partial charge is 0.756 e. The fraction of sp³-hybridized carbons (Fsp3) is 0.706. The fourth-order valence-corrected chi connectivity index (χ4v) is 11.8. The number of fused-ring (bicyclic) bond motifs is 2. The van der Waals surface area contributed by atoms with Crippen LogP contribution in [0.4, 0.5) is 5.69 Å². The Balaban J connectivity index is 0.0000216. The molecular weight excluding hydrogens is 1190 g/mol. The summed E-state index contributed by atoms with van der Waals surface area (Å²) in [6, 6.07) is 11.7. The number of anilines is 1. The van der Waals surface area contributed by atoms with Crippen LogP contribution in [-0.2, 0) is 64.9 Å². The summed E-state index contributed by atoms with van der Waals surface area (Å²) in [5.41, 5.74) is 3.35. The quantitative estimate of drug-likeness (QED) is 0.0152. The van der Waals surface area contributed by atoms with E-state index >= 15 is 0 Å². The van der Waals surface area contributed by atoms with E-state index in [0.717, 1.165) is 56.0 Å². The molecule has 1 aliphatic rings. The third-order valence-electron chi connectivity index (χ3n) is 16.2. The van der Waals surface area contributed by atoms with E-state index in [0.29, 0.717) is 67.8 Å². The summed E-state index contributed by atoms with van der Waals surface area (Å²) in [7, 11) is -3.26. The van der Waals surface area contributed by atoms with Crippen LogP contribution >= 0.6 is 7.82 Å². The van der Waals surface area contributed by atoms with E-state index in [1.165, 1.54) is 116 Å². The molecule has 2 aromatic carbocycles. The van der Waals surface area contributed by atoms with Gasteiger partial charge in [0.15, 0.2) is 6.10 Å². The van der Waals surface area contributed by atoms with E-state index in [1.54, 1.807) is 35.0 Å². The number of ether oxygens (including phenoxy) is 2. The van der Waals surface area contributed by atoms with Crippen LogP contribution < -0.4 is 50.4 Å². The Kier molecular flexibility index (Phi) is 43.1. The Hall–Kier alpha value is -4.89. The summed E-state index contributed by atoms with van der Waals surface area (Å²) < 4.78 is 33.8. The first kappa shape index (κ1) is 80.3. The number of phosphoric acid groups is 1. The number of phosphoric ester groups is 1. The van der Waals surface area contributed by atoms with Gasteiger partial charge in [-0.15, -0.1) is 0 Å². The molecule has 1 unspecified atom stereocenters. The van der Waals surface area contributed by atoms with E-state index in [4.69, 9.17) is 18.5 Å². The summed E-state index contributed by atoms with van der Waals surface area (Å²) in [5, 5.41) is 18.1. The molecule has 91 heavy (non-hydrogen) atoms. The number of aromatic amines is 1. The largest absolute Gasteiger partial charge is 1.00 e. The third kappa shape index (κ3) is 36.4. The molecule has 5 N–H and O–H groups in total. The van der Waals surface area contributed by atoms with Gasteiger partial charge < -0.3 is 59.3 Å². The molecule has 3 aromatic rings. The van der Waals surface area contributed by atoms with Gasteiger partial charge in [0, 0.05) is 70.2 Å². The Morgan fingerprint density at radius 2 is 1.21 bits per heavy atom. The molecule has 506 valence electrons. The normalized spacial score (nSPS) is 13.9. The van der Waals surface area contributed by atoms with Gasteiger partial charge in [-0.3, -0.25) is 38.1 Å². The Morgan fingerprint density at radius 1 is 0.681 bits per heavy atom. The van der Waals surface area contributed by atoms with Gasteiger partial charge in [-0.1, -0.05) is 193 Å². The number of H-pyrrole nitrogens is 1. The molecule has 23 heteroatoms. The molecule has 0 radical (unpaired) electrons. The third-order valence-corrected chi connectivity index (χ3v) is 17.2. The van der Waals surface area contributed by atoms with E-state index in [2.05, 4.69) is 39.8 Å². The van der Waals surface area contributed by atoms with Gasteiger partial charge in [0.25, 0.3) is 13.7 Å². The van der Waals surface area contributed by atoms with Gasteiger partial charge in [0.2, 0.25) is 17.7 Å². The first-order valence-corrected chi connectivity index (χ1v) is 35.6. The number of hydrogen-bond acceptors (Lipinski definition) is 15. The van der Waals surface area contributed by atoms with Gasteiger partial charge in [0.1, 0.15) is 18.5 Å². The molecule has 2 heterocycles. The zero-order chi connectivity index (χ0) is 65.0. The maximum atomic E-state index is 13.7. The van der Waals surface area contributed by atoms with Gasteiger partial charge in [-0.2, -0.15) is 0 Å². The standard InChI is InChI=1S/C68H110N7O14P.Na/c1-4-6-8-10-12-14-16-18-20-22-24-26-30-38-65(80)86-52-56(89-66(81)39-31-27-25-23-21-19-17-15-13-11-9-7-5-2)53-88-90(84,85)87-47-45-70-63(77)43-42-62(76)69-44-34-28-29-35-46-75-50-55-48-54(40-41-57(55)71-60(68(75)83)49-64(78)79)67(82)74(3)51-61-72-58-36-32-33-37-59(58)73-61;/h32-33,36-37,40-41,48,56,60,71H,4-31,34-35,38-39,42-47,49-53H2,1-3H3,(H,69,76)(H,70,77)(H,72,73)(H,78,79)(H,84,85);/q;+1/p-1/t56-,60+;/m1./s1. The number of unbranched alkanes of at least 4 members (excludes halogenated alkanes) is 27.